The minimum Gasteiger partial charge on any atom is -0.399 e. The number of halogens is 2. The van der Waals surface area contributed by atoms with E-state index in [0.717, 1.165) is 0 Å². The Hall–Kier alpha value is -1.85. The molecule has 1 aromatic rings. The van der Waals surface area contributed by atoms with Gasteiger partial charge in [0, 0.05) is 29.9 Å². The van der Waals surface area contributed by atoms with E-state index in [-0.39, 0.29) is 29.9 Å². The summed E-state index contributed by atoms with van der Waals surface area (Å²) in [6.45, 7) is 0.221. The summed E-state index contributed by atoms with van der Waals surface area (Å²) in [6, 6.07) is 4.17. The lowest BCUT2D eigenvalue weighted by Gasteiger charge is -2.11. The molecule has 6 heteroatoms. The smallest absolute Gasteiger partial charge is 0.265 e. The molecule has 0 fully saturated rings. The number of benzene rings is 1. The van der Waals surface area contributed by atoms with Gasteiger partial charge < -0.3 is 16.8 Å². The van der Waals surface area contributed by atoms with E-state index in [9.17, 15) is 13.6 Å². The molecular weight excluding hydrogens is 216 g/mol. The fourth-order valence-corrected chi connectivity index (χ4v) is 1.24. The van der Waals surface area contributed by atoms with Crippen molar-refractivity contribution in [2.75, 3.05) is 17.6 Å². The van der Waals surface area contributed by atoms with Gasteiger partial charge in [0.1, 0.15) is 0 Å². The van der Waals surface area contributed by atoms with E-state index in [1.807, 2.05) is 0 Å². The quantitative estimate of drug-likeness (QED) is 0.669. The van der Waals surface area contributed by atoms with E-state index in [0.29, 0.717) is 0 Å². The summed E-state index contributed by atoms with van der Waals surface area (Å²) in [6.07, 6.45) is -2.52. The molecule has 4 nitrogen and oxygen atoms in total. The first-order valence-corrected chi connectivity index (χ1v) is 4.70. The minimum absolute atomic E-state index is 0.0903. The van der Waals surface area contributed by atoms with Gasteiger partial charge in [-0.3, -0.25) is 4.79 Å². The molecule has 0 aliphatic rings. The summed E-state index contributed by atoms with van der Waals surface area (Å²) in [4.78, 5) is 10.5. The van der Waals surface area contributed by atoms with E-state index >= 15 is 0 Å². The second-order valence-corrected chi connectivity index (χ2v) is 3.29. The number of nitrogen functional groups attached to an aromatic ring is 1. The highest BCUT2D eigenvalue weighted by Gasteiger charge is 2.12. The lowest BCUT2D eigenvalue weighted by Crippen LogP contribution is -2.16. The van der Waals surface area contributed by atoms with Gasteiger partial charge in [-0.1, -0.05) is 0 Å². The van der Waals surface area contributed by atoms with E-state index in [1.165, 1.54) is 18.2 Å². The third kappa shape index (κ3) is 3.38. The van der Waals surface area contributed by atoms with Crippen molar-refractivity contribution in [3.05, 3.63) is 23.8 Å². The summed E-state index contributed by atoms with van der Waals surface area (Å²) < 4.78 is 25.2. The Bertz CT molecular complexity index is 382. The highest BCUT2D eigenvalue weighted by Crippen LogP contribution is 2.28. The standard InChI is InChI=1S/C10H13F2N3O/c11-10(12)7-5-6(13)1-2-8(7)15-4-3-9(14)16/h1-2,5,10,15H,3-4,13H2,(H2,14,16). The molecule has 16 heavy (non-hydrogen) atoms. The van der Waals surface area contributed by atoms with Gasteiger partial charge in [0.25, 0.3) is 6.43 Å². The zero-order chi connectivity index (χ0) is 12.1. The Morgan fingerprint density at radius 1 is 1.44 bits per heavy atom. The maximum absolute atomic E-state index is 12.6. The molecule has 0 radical (unpaired) electrons. The van der Waals surface area contributed by atoms with Crippen LogP contribution in [0.25, 0.3) is 0 Å². The van der Waals surface area contributed by atoms with Crippen molar-refractivity contribution in [3.8, 4) is 0 Å². The van der Waals surface area contributed by atoms with Crippen LogP contribution in [0.2, 0.25) is 0 Å². The molecule has 0 aromatic heterocycles. The number of nitrogens with two attached hydrogens (primary N) is 2. The summed E-state index contributed by atoms with van der Waals surface area (Å²) >= 11 is 0. The molecule has 0 saturated heterocycles. The van der Waals surface area contributed by atoms with Crippen molar-refractivity contribution in [1.82, 2.24) is 0 Å². The first-order chi connectivity index (χ1) is 7.50. The average molecular weight is 229 g/mol. The normalized spacial score (nSPS) is 10.4. The molecule has 1 amide bonds. The fraction of sp³-hybridized carbons (Fsp3) is 0.300. The Labute approximate surface area is 91.6 Å². The van der Waals surface area contributed by atoms with Crippen molar-refractivity contribution < 1.29 is 13.6 Å². The highest BCUT2D eigenvalue weighted by atomic mass is 19.3. The molecule has 0 aliphatic heterocycles. The van der Waals surface area contributed by atoms with E-state index in [4.69, 9.17) is 11.5 Å². The Balaban J connectivity index is 2.74. The lowest BCUT2D eigenvalue weighted by molar-refractivity contribution is -0.117. The van der Waals surface area contributed by atoms with Gasteiger partial charge >= 0.3 is 0 Å². The number of amides is 1. The molecule has 1 rings (SSSR count). The molecule has 0 saturated carbocycles. The maximum Gasteiger partial charge on any atom is 0.265 e. The predicted octanol–water partition coefficient (Wildman–Crippen LogP) is 1.49. The zero-order valence-electron chi connectivity index (χ0n) is 8.54. The maximum atomic E-state index is 12.6. The summed E-state index contributed by atoms with van der Waals surface area (Å²) in [5, 5.41) is 2.72. The van der Waals surface area contributed by atoms with Crippen LogP contribution in [0.5, 0.6) is 0 Å². The van der Waals surface area contributed by atoms with Crippen LogP contribution in [-0.2, 0) is 4.79 Å². The van der Waals surface area contributed by atoms with Gasteiger partial charge in [0.2, 0.25) is 5.91 Å². The van der Waals surface area contributed by atoms with E-state index in [1.54, 1.807) is 0 Å². The summed E-state index contributed by atoms with van der Waals surface area (Å²) in [5.41, 5.74) is 10.7. The van der Waals surface area contributed by atoms with Crippen LogP contribution >= 0.6 is 0 Å². The number of primary amides is 1. The number of anilines is 2. The van der Waals surface area contributed by atoms with Crippen LogP contribution in [-0.4, -0.2) is 12.5 Å². The first kappa shape index (κ1) is 12.2. The number of alkyl halides is 2. The average Bonchev–Trinajstić information content (AvgIpc) is 2.19. The number of carbonyl (C=O) groups excluding carboxylic acids is 1. The molecule has 0 spiro atoms. The van der Waals surface area contributed by atoms with Crippen LogP contribution in [0.1, 0.15) is 18.4 Å². The minimum atomic E-state index is -2.61. The van der Waals surface area contributed by atoms with E-state index < -0.39 is 12.3 Å². The van der Waals surface area contributed by atoms with Crippen molar-refractivity contribution >= 4 is 17.3 Å². The molecule has 1 aromatic carbocycles. The monoisotopic (exact) mass is 229 g/mol. The topological polar surface area (TPSA) is 81.1 Å². The Morgan fingerprint density at radius 2 is 2.12 bits per heavy atom. The Kier molecular flexibility index (Phi) is 4.04. The second kappa shape index (κ2) is 5.29. The van der Waals surface area contributed by atoms with Gasteiger partial charge in [0.15, 0.2) is 0 Å². The van der Waals surface area contributed by atoms with Crippen molar-refractivity contribution in [1.29, 1.82) is 0 Å². The molecule has 88 valence electrons. The van der Waals surface area contributed by atoms with Gasteiger partial charge in [-0.05, 0) is 18.2 Å². The van der Waals surface area contributed by atoms with Crippen LogP contribution in [0.3, 0.4) is 0 Å². The van der Waals surface area contributed by atoms with Crippen LogP contribution in [0.4, 0.5) is 20.2 Å². The van der Waals surface area contributed by atoms with Crippen LogP contribution in [0, 0.1) is 0 Å². The van der Waals surface area contributed by atoms with Crippen LogP contribution in [0.15, 0.2) is 18.2 Å². The molecule has 5 N–H and O–H groups in total. The number of carbonyl (C=O) groups is 1. The van der Waals surface area contributed by atoms with Gasteiger partial charge in [-0.2, -0.15) is 0 Å². The number of nitrogens with one attached hydrogen (secondary N) is 1. The first-order valence-electron chi connectivity index (χ1n) is 4.70. The van der Waals surface area contributed by atoms with Crippen molar-refractivity contribution in [3.63, 3.8) is 0 Å². The van der Waals surface area contributed by atoms with Crippen molar-refractivity contribution in [2.45, 2.75) is 12.8 Å². The molecule has 0 heterocycles. The Morgan fingerprint density at radius 3 is 2.69 bits per heavy atom. The van der Waals surface area contributed by atoms with Gasteiger partial charge in [-0.25, -0.2) is 8.78 Å². The van der Waals surface area contributed by atoms with Gasteiger partial charge in [-0.15, -0.1) is 0 Å². The molecule has 0 bridgehead atoms. The largest absolute Gasteiger partial charge is 0.399 e. The molecule has 0 unspecified atom stereocenters. The second-order valence-electron chi connectivity index (χ2n) is 3.29. The zero-order valence-corrected chi connectivity index (χ0v) is 8.54. The summed E-state index contributed by atoms with van der Waals surface area (Å²) in [7, 11) is 0. The fourth-order valence-electron chi connectivity index (χ4n) is 1.24. The molecular formula is C10H13F2N3O. The number of rotatable bonds is 5. The summed E-state index contributed by atoms with van der Waals surface area (Å²) in [5.74, 6) is -0.485. The third-order valence-electron chi connectivity index (χ3n) is 2.00. The van der Waals surface area contributed by atoms with E-state index in [2.05, 4.69) is 5.32 Å². The van der Waals surface area contributed by atoms with Crippen LogP contribution < -0.4 is 16.8 Å². The number of hydrogen-bond donors (Lipinski definition) is 3. The van der Waals surface area contributed by atoms with Gasteiger partial charge in [0.05, 0.1) is 0 Å². The lowest BCUT2D eigenvalue weighted by atomic mass is 10.1. The molecule has 0 atom stereocenters. The SMILES string of the molecule is NC(=O)CCNc1ccc(N)cc1C(F)F. The predicted molar refractivity (Wildman–Crippen MR) is 58.1 cm³/mol. The number of hydrogen-bond acceptors (Lipinski definition) is 3. The molecule has 0 aliphatic carbocycles. The van der Waals surface area contributed by atoms with Crippen molar-refractivity contribution in [2.24, 2.45) is 5.73 Å². The highest BCUT2D eigenvalue weighted by molar-refractivity contribution is 5.74. The third-order valence-corrected chi connectivity index (χ3v) is 2.00.